The van der Waals surface area contributed by atoms with Crippen LogP contribution in [0.15, 0.2) is 42.6 Å². The summed E-state index contributed by atoms with van der Waals surface area (Å²) < 4.78 is 0. The zero-order valence-corrected chi connectivity index (χ0v) is 13.4. The van der Waals surface area contributed by atoms with Gasteiger partial charge in [0, 0.05) is 18.8 Å². The van der Waals surface area contributed by atoms with Crippen LogP contribution in [0, 0.1) is 6.92 Å². The molecule has 0 amide bonds. The third-order valence-electron chi connectivity index (χ3n) is 3.80. The van der Waals surface area contributed by atoms with Crippen LogP contribution in [0.2, 0.25) is 0 Å². The minimum atomic E-state index is 0.341. The third-order valence-corrected chi connectivity index (χ3v) is 3.80. The van der Waals surface area contributed by atoms with Crippen LogP contribution in [-0.2, 0) is 0 Å². The van der Waals surface area contributed by atoms with Gasteiger partial charge in [-0.1, -0.05) is 31.5 Å². The molecule has 0 aliphatic carbocycles. The van der Waals surface area contributed by atoms with Gasteiger partial charge in [-0.3, -0.25) is 4.98 Å². The molecular formula is C18H25N3. The lowest BCUT2D eigenvalue weighted by molar-refractivity contribution is 0.525. The van der Waals surface area contributed by atoms with Gasteiger partial charge in [-0.2, -0.15) is 0 Å². The van der Waals surface area contributed by atoms with Crippen LogP contribution in [0.5, 0.6) is 0 Å². The van der Waals surface area contributed by atoms with E-state index in [4.69, 9.17) is 0 Å². The Morgan fingerprint density at radius 2 is 1.71 bits per heavy atom. The Bertz CT molecular complexity index is 546. The Kier molecular flexibility index (Phi) is 5.34. The Hall–Kier alpha value is -1.87. The molecule has 1 aromatic carbocycles. The average Bonchev–Trinajstić information content (AvgIpc) is 2.53. The molecule has 0 radical (unpaired) electrons. The summed E-state index contributed by atoms with van der Waals surface area (Å²) in [5, 5.41) is 3.46. The molecule has 2 aromatic rings. The van der Waals surface area contributed by atoms with Crippen LogP contribution in [0.1, 0.15) is 37.6 Å². The first-order valence-corrected chi connectivity index (χ1v) is 7.65. The molecule has 0 spiro atoms. The van der Waals surface area contributed by atoms with E-state index in [0.29, 0.717) is 6.04 Å². The molecule has 1 aromatic heterocycles. The van der Waals surface area contributed by atoms with Gasteiger partial charge in [0.1, 0.15) is 0 Å². The first kappa shape index (κ1) is 15.5. The highest BCUT2D eigenvalue weighted by Gasteiger charge is 2.10. The van der Waals surface area contributed by atoms with Crippen molar-refractivity contribution in [3.8, 4) is 0 Å². The van der Waals surface area contributed by atoms with Gasteiger partial charge in [0.25, 0.3) is 0 Å². The van der Waals surface area contributed by atoms with Crippen LogP contribution < -0.4 is 10.2 Å². The summed E-state index contributed by atoms with van der Waals surface area (Å²) in [4.78, 5) is 6.79. The average molecular weight is 283 g/mol. The van der Waals surface area contributed by atoms with E-state index in [-0.39, 0.29) is 0 Å². The summed E-state index contributed by atoms with van der Waals surface area (Å²) in [5.41, 5.74) is 4.67. The van der Waals surface area contributed by atoms with Crippen molar-refractivity contribution in [3.05, 3.63) is 53.9 Å². The minimum absolute atomic E-state index is 0.341. The van der Waals surface area contributed by atoms with E-state index in [2.05, 4.69) is 79.4 Å². The maximum Gasteiger partial charge on any atom is 0.0594 e. The van der Waals surface area contributed by atoms with Gasteiger partial charge < -0.3 is 10.2 Å². The molecule has 0 aliphatic rings. The Morgan fingerprint density at radius 3 is 2.24 bits per heavy atom. The molecule has 21 heavy (non-hydrogen) atoms. The second kappa shape index (κ2) is 7.23. The lowest BCUT2D eigenvalue weighted by Gasteiger charge is -2.21. The predicted molar refractivity (Wildman–Crippen MR) is 90.2 cm³/mol. The number of benzene rings is 1. The molecule has 0 aliphatic heterocycles. The Labute approximate surface area is 128 Å². The fourth-order valence-electron chi connectivity index (χ4n) is 2.42. The van der Waals surface area contributed by atoms with Gasteiger partial charge in [0.2, 0.25) is 0 Å². The number of nitrogens with zero attached hydrogens (tertiary/aromatic N) is 2. The summed E-state index contributed by atoms with van der Waals surface area (Å²) in [5.74, 6) is 0. The van der Waals surface area contributed by atoms with E-state index in [1.165, 1.54) is 11.3 Å². The van der Waals surface area contributed by atoms with Crippen molar-refractivity contribution in [1.82, 2.24) is 10.3 Å². The molecule has 1 unspecified atom stereocenters. The molecule has 0 saturated carbocycles. The summed E-state index contributed by atoms with van der Waals surface area (Å²) >= 11 is 0. The second-order valence-corrected chi connectivity index (χ2v) is 5.35. The minimum Gasteiger partial charge on any atom is -0.343 e. The highest BCUT2D eigenvalue weighted by atomic mass is 15.1. The first-order valence-electron chi connectivity index (χ1n) is 7.65. The predicted octanol–water partition coefficient (Wildman–Crippen LogP) is 4.22. The van der Waals surface area contributed by atoms with Crippen LogP contribution in [0.25, 0.3) is 0 Å². The SMILES string of the molecule is CCNC(CC)c1ccc(N(C)c2ccc(C)cc2)cn1. The number of rotatable bonds is 6. The van der Waals surface area contributed by atoms with E-state index in [1.807, 2.05) is 6.20 Å². The number of aryl methyl sites for hydroxylation is 1. The van der Waals surface area contributed by atoms with Crippen LogP contribution in [0.4, 0.5) is 11.4 Å². The largest absolute Gasteiger partial charge is 0.343 e. The normalized spacial score (nSPS) is 12.2. The van der Waals surface area contributed by atoms with E-state index in [0.717, 1.165) is 24.3 Å². The standard InChI is InChI=1S/C18H25N3/c1-5-17(19-6-2)18-12-11-16(13-20-18)21(4)15-9-7-14(3)8-10-15/h7-13,17,19H,5-6H2,1-4H3. The number of hydrogen-bond donors (Lipinski definition) is 1. The maximum atomic E-state index is 4.63. The third kappa shape index (κ3) is 3.82. The molecule has 1 N–H and O–H groups in total. The van der Waals surface area contributed by atoms with Crippen molar-refractivity contribution in [2.75, 3.05) is 18.5 Å². The van der Waals surface area contributed by atoms with Gasteiger partial charge in [-0.05, 0) is 44.2 Å². The molecule has 3 heteroatoms. The van der Waals surface area contributed by atoms with Gasteiger partial charge in [0.05, 0.1) is 17.6 Å². The van der Waals surface area contributed by atoms with E-state index in [1.54, 1.807) is 0 Å². The van der Waals surface area contributed by atoms with Crippen molar-refractivity contribution in [1.29, 1.82) is 0 Å². The van der Waals surface area contributed by atoms with Crippen LogP contribution in [0.3, 0.4) is 0 Å². The fraction of sp³-hybridized carbons (Fsp3) is 0.389. The van der Waals surface area contributed by atoms with Crippen LogP contribution in [-0.4, -0.2) is 18.6 Å². The van der Waals surface area contributed by atoms with Crippen LogP contribution >= 0.6 is 0 Å². The van der Waals surface area contributed by atoms with E-state index >= 15 is 0 Å². The Morgan fingerprint density at radius 1 is 1.05 bits per heavy atom. The molecule has 112 valence electrons. The van der Waals surface area contributed by atoms with Gasteiger partial charge in [0.15, 0.2) is 0 Å². The van der Waals surface area contributed by atoms with Crippen molar-refractivity contribution in [2.45, 2.75) is 33.2 Å². The summed E-state index contributed by atoms with van der Waals surface area (Å²) in [7, 11) is 2.07. The monoisotopic (exact) mass is 283 g/mol. The number of hydrogen-bond acceptors (Lipinski definition) is 3. The fourth-order valence-corrected chi connectivity index (χ4v) is 2.42. The van der Waals surface area contributed by atoms with E-state index in [9.17, 15) is 0 Å². The first-order chi connectivity index (χ1) is 10.2. The number of pyridine rings is 1. The molecule has 0 saturated heterocycles. The summed E-state index contributed by atoms with van der Waals surface area (Å²) in [6, 6.07) is 13.1. The lowest BCUT2D eigenvalue weighted by Crippen LogP contribution is -2.21. The van der Waals surface area contributed by atoms with Gasteiger partial charge in [-0.15, -0.1) is 0 Å². The second-order valence-electron chi connectivity index (χ2n) is 5.35. The molecule has 2 rings (SSSR count). The topological polar surface area (TPSA) is 28.2 Å². The van der Waals surface area contributed by atoms with E-state index < -0.39 is 0 Å². The highest BCUT2D eigenvalue weighted by molar-refractivity contribution is 5.61. The molecular weight excluding hydrogens is 258 g/mol. The maximum absolute atomic E-state index is 4.63. The van der Waals surface area contributed by atoms with Crippen molar-refractivity contribution in [3.63, 3.8) is 0 Å². The molecule has 1 atom stereocenters. The summed E-state index contributed by atoms with van der Waals surface area (Å²) in [6.07, 6.45) is 3.00. The zero-order chi connectivity index (χ0) is 15.2. The smallest absolute Gasteiger partial charge is 0.0594 e. The van der Waals surface area contributed by atoms with Gasteiger partial charge >= 0.3 is 0 Å². The molecule has 0 fully saturated rings. The molecule has 3 nitrogen and oxygen atoms in total. The van der Waals surface area contributed by atoms with Crippen molar-refractivity contribution < 1.29 is 0 Å². The summed E-state index contributed by atoms with van der Waals surface area (Å²) in [6.45, 7) is 7.38. The number of nitrogens with one attached hydrogen (secondary N) is 1. The highest BCUT2D eigenvalue weighted by Crippen LogP contribution is 2.24. The lowest BCUT2D eigenvalue weighted by atomic mass is 10.1. The van der Waals surface area contributed by atoms with Crippen molar-refractivity contribution >= 4 is 11.4 Å². The van der Waals surface area contributed by atoms with Gasteiger partial charge in [-0.25, -0.2) is 0 Å². The zero-order valence-electron chi connectivity index (χ0n) is 13.4. The van der Waals surface area contributed by atoms with Crippen molar-refractivity contribution in [2.24, 2.45) is 0 Å². The molecule has 0 bridgehead atoms. The quantitative estimate of drug-likeness (QED) is 0.860. The molecule has 1 heterocycles. The Balaban J connectivity index is 2.16. The number of aromatic nitrogens is 1. The number of anilines is 2.